The van der Waals surface area contributed by atoms with Gasteiger partial charge in [-0.3, -0.25) is 4.79 Å². The van der Waals surface area contributed by atoms with Crippen molar-refractivity contribution in [1.82, 2.24) is 29.9 Å². The Morgan fingerprint density at radius 3 is 2.58 bits per heavy atom. The number of hydrogen-bond donors (Lipinski definition) is 1. The van der Waals surface area contributed by atoms with E-state index < -0.39 is 0 Å². The number of hydrogen-bond acceptors (Lipinski definition) is 6. The second-order valence-electron chi connectivity index (χ2n) is 9.50. The van der Waals surface area contributed by atoms with Crippen LogP contribution in [-0.4, -0.2) is 54.4 Å². The minimum Gasteiger partial charge on any atom is -0.352 e. The van der Waals surface area contributed by atoms with E-state index in [9.17, 15) is 4.79 Å². The minimum absolute atomic E-state index is 0.0309. The molecule has 3 aromatic rings. The van der Waals surface area contributed by atoms with Gasteiger partial charge < -0.3 is 10.2 Å². The molecule has 4 fully saturated rings. The van der Waals surface area contributed by atoms with Crippen LogP contribution in [0.15, 0.2) is 43.0 Å². The van der Waals surface area contributed by atoms with E-state index in [0.717, 1.165) is 12.8 Å². The molecular formula is C24H26ClN7O. The Morgan fingerprint density at radius 1 is 1.15 bits per heavy atom. The van der Waals surface area contributed by atoms with E-state index in [2.05, 4.69) is 37.3 Å². The van der Waals surface area contributed by atoms with Gasteiger partial charge in [-0.2, -0.15) is 15.0 Å². The van der Waals surface area contributed by atoms with Gasteiger partial charge in [-0.15, -0.1) is 0 Å². The Hall–Kier alpha value is -3.00. The lowest BCUT2D eigenvalue weighted by molar-refractivity contribution is -0.0502. The fourth-order valence-corrected chi connectivity index (χ4v) is 5.48. The van der Waals surface area contributed by atoms with E-state index in [1.54, 1.807) is 30.6 Å². The molecule has 2 aromatic heterocycles. The van der Waals surface area contributed by atoms with Crippen LogP contribution in [0.25, 0.3) is 5.69 Å². The topological polar surface area (TPSA) is 88.8 Å². The van der Waals surface area contributed by atoms with Crippen molar-refractivity contribution >= 4 is 23.5 Å². The summed E-state index contributed by atoms with van der Waals surface area (Å²) in [5, 5.41) is 12.4. The third kappa shape index (κ3) is 3.76. The highest BCUT2D eigenvalue weighted by molar-refractivity contribution is 6.31. The fourth-order valence-electron chi connectivity index (χ4n) is 5.31. The molecule has 2 saturated carbocycles. The first kappa shape index (κ1) is 20.6. The zero-order chi connectivity index (χ0) is 22.5. The molecule has 2 atom stereocenters. The molecule has 4 heterocycles. The number of piperidine rings is 2. The average Bonchev–Trinajstić information content (AvgIpc) is 3.51. The van der Waals surface area contributed by atoms with Crippen LogP contribution >= 0.6 is 11.6 Å². The van der Waals surface area contributed by atoms with Crippen molar-refractivity contribution in [2.75, 3.05) is 11.9 Å². The number of nitrogens with one attached hydrogen (secondary N) is 1. The predicted octanol–water partition coefficient (Wildman–Crippen LogP) is 3.94. The third-order valence-corrected chi connectivity index (χ3v) is 7.73. The largest absolute Gasteiger partial charge is 0.352 e. The summed E-state index contributed by atoms with van der Waals surface area (Å²) in [7, 11) is 0. The monoisotopic (exact) mass is 463 g/mol. The van der Waals surface area contributed by atoms with Gasteiger partial charge in [0.1, 0.15) is 0 Å². The highest BCUT2D eigenvalue weighted by Crippen LogP contribution is 2.47. The van der Waals surface area contributed by atoms with Gasteiger partial charge in [0.15, 0.2) is 0 Å². The number of anilines is 1. The molecule has 170 valence electrons. The zero-order valence-corrected chi connectivity index (χ0v) is 19.2. The van der Waals surface area contributed by atoms with Gasteiger partial charge in [0.2, 0.25) is 5.95 Å². The molecule has 8 nitrogen and oxygen atoms in total. The van der Waals surface area contributed by atoms with Crippen molar-refractivity contribution in [3.63, 3.8) is 0 Å². The molecule has 2 aliphatic carbocycles. The summed E-state index contributed by atoms with van der Waals surface area (Å²) < 4.78 is 0. The lowest BCUT2D eigenvalue weighted by atomic mass is 9.64. The number of fused-ring (bicyclic) bond motifs is 2. The molecule has 1 amide bonds. The minimum atomic E-state index is -0.0309. The van der Waals surface area contributed by atoms with Crippen LogP contribution in [0.5, 0.6) is 0 Å². The Kier molecular flexibility index (Phi) is 5.05. The molecule has 1 N–H and O–H groups in total. The number of amides is 1. The molecule has 0 spiro atoms. The first-order valence-electron chi connectivity index (χ1n) is 11.6. The summed E-state index contributed by atoms with van der Waals surface area (Å²) in [6.07, 6.45) is 11.6. The van der Waals surface area contributed by atoms with Crippen LogP contribution in [-0.2, 0) is 0 Å². The van der Waals surface area contributed by atoms with E-state index in [1.807, 2.05) is 12.4 Å². The summed E-state index contributed by atoms with van der Waals surface area (Å²) in [6.45, 7) is 2.86. The molecule has 4 aliphatic rings. The van der Waals surface area contributed by atoms with Gasteiger partial charge >= 0.3 is 0 Å². The maximum absolute atomic E-state index is 13.9. The molecular weight excluding hydrogens is 438 g/mol. The first-order chi connectivity index (χ1) is 16.1. The normalized spacial score (nSPS) is 26.1. The molecule has 2 bridgehead atoms. The van der Waals surface area contributed by atoms with Crippen LogP contribution in [0.1, 0.15) is 54.4 Å². The third-order valence-electron chi connectivity index (χ3n) is 7.50. The lowest BCUT2D eigenvalue weighted by Crippen LogP contribution is -2.64. The number of benzene rings is 1. The van der Waals surface area contributed by atoms with Crippen molar-refractivity contribution in [3.05, 3.63) is 59.1 Å². The first-order valence-corrected chi connectivity index (χ1v) is 12.0. The van der Waals surface area contributed by atoms with Crippen LogP contribution < -0.4 is 5.32 Å². The molecule has 9 heteroatoms. The van der Waals surface area contributed by atoms with Crippen molar-refractivity contribution in [3.8, 4) is 5.69 Å². The predicted molar refractivity (Wildman–Crippen MR) is 124 cm³/mol. The Morgan fingerprint density at radius 2 is 1.88 bits per heavy atom. The van der Waals surface area contributed by atoms with Crippen molar-refractivity contribution in [1.29, 1.82) is 0 Å². The van der Waals surface area contributed by atoms with Gasteiger partial charge in [0.25, 0.3) is 5.91 Å². The van der Waals surface area contributed by atoms with Gasteiger partial charge in [-0.1, -0.05) is 18.5 Å². The van der Waals surface area contributed by atoms with Crippen molar-refractivity contribution in [2.45, 2.75) is 50.6 Å². The Balaban J connectivity index is 1.26. The standard InChI is InChI=1S/C24H26ClN7O/c1-14-16-8-19(9-16)31(22(14)13-28-24-26-11-17(12-27-24)15-2-3-15)23(33)20-10-18(25)4-5-21(20)32-29-6-7-30-32/h4-7,10-12,14-16,19,22H,2-3,8-9,13H2,1H3,(H,26,27,28)/t14-,16?,19?,22-/m1/s1. The lowest BCUT2D eigenvalue weighted by Gasteiger charge is -2.57. The van der Waals surface area contributed by atoms with E-state index in [-0.39, 0.29) is 18.0 Å². The number of nitrogens with zero attached hydrogens (tertiary/aromatic N) is 6. The van der Waals surface area contributed by atoms with Crippen molar-refractivity contribution < 1.29 is 4.79 Å². The molecule has 1 aromatic carbocycles. The summed E-state index contributed by atoms with van der Waals surface area (Å²) in [5.41, 5.74) is 2.37. The number of halogens is 1. The fraction of sp³-hybridized carbons (Fsp3) is 0.458. The quantitative estimate of drug-likeness (QED) is 0.595. The van der Waals surface area contributed by atoms with Crippen LogP contribution in [0.2, 0.25) is 5.02 Å². The van der Waals surface area contributed by atoms with Gasteiger partial charge in [0.05, 0.1) is 29.7 Å². The van der Waals surface area contributed by atoms with Crippen LogP contribution in [0.3, 0.4) is 0 Å². The van der Waals surface area contributed by atoms with E-state index in [0.29, 0.717) is 46.5 Å². The maximum atomic E-state index is 13.9. The second-order valence-corrected chi connectivity index (χ2v) is 9.94. The van der Waals surface area contributed by atoms with Crippen LogP contribution in [0.4, 0.5) is 5.95 Å². The van der Waals surface area contributed by atoms with E-state index in [4.69, 9.17) is 11.6 Å². The Bertz CT molecular complexity index is 1160. The Labute approximate surface area is 197 Å². The van der Waals surface area contributed by atoms with Gasteiger partial charge in [0, 0.05) is 30.0 Å². The van der Waals surface area contributed by atoms with Gasteiger partial charge in [-0.25, -0.2) is 9.97 Å². The van der Waals surface area contributed by atoms with Gasteiger partial charge in [-0.05, 0) is 67.2 Å². The zero-order valence-electron chi connectivity index (χ0n) is 18.4. The molecule has 2 saturated heterocycles. The SMILES string of the molecule is C[C@@H]1C2CC(C2)N(C(=O)c2cc(Cl)ccc2-n2nccn2)[C@@H]1CNc1ncc(C2CC2)cn1. The molecule has 33 heavy (non-hydrogen) atoms. The number of carbonyl (C=O) groups excluding carboxylic acids is 1. The summed E-state index contributed by atoms with van der Waals surface area (Å²) in [5.74, 6) is 2.24. The van der Waals surface area contributed by atoms with E-state index >= 15 is 0 Å². The molecule has 2 aliphatic heterocycles. The van der Waals surface area contributed by atoms with Crippen LogP contribution in [0, 0.1) is 11.8 Å². The number of aromatic nitrogens is 5. The molecule has 7 rings (SSSR count). The summed E-state index contributed by atoms with van der Waals surface area (Å²) in [4.78, 5) is 26.5. The highest BCUT2D eigenvalue weighted by Gasteiger charge is 2.50. The van der Waals surface area contributed by atoms with Crippen molar-refractivity contribution in [2.24, 2.45) is 11.8 Å². The smallest absolute Gasteiger partial charge is 0.256 e. The maximum Gasteiger partial charge on any atom is 0.256 e. The second kappa shape index (κ2) is 8.09. The molecule has 0 unspecified atom stereocenters. The van der Waals surface area contributed by atoms with E-state index in [1.165, 1.54) is 23.2 Å². The average molecular weight is 464 g/mol. The summed E-state index contributed by atoms with van der Waals surface area (Å²) >= 11 is 6.30. The highest BCUT2D eigenvalue weighted by atomic mass is 35.5. The molecule has 0 radical (unpaired) electrons. The number of rotatable bonds is 6. The number of carbonyl (C=O) groups is 1. The summed E-state index contributed by atoms with van der Waals surface area (Å²) in [6, 6.07) is 5.56.